The molecule has 0 saturated heterocycles. The maximum absolute atomic E-state index is 12.3. The minimum Gasteiger partial charge on any atom is -0.294 e. The van der Waals surface area contributed by atoms with Crippen LogP contribution >= 0.6 is 11.6 Å². The van der Waals surface area contributed by atoms with Gasteiger partial charge in [0.1, 0.15) is 0 Å². The van der Waals surface area contributed by atoms with E-state index in [1.54, 1.807) is 12.3 Å². The molecule has 2 aromatic rings. The quantitative estimate of drug-likeness (QED) is 0.789. The van der Waals surface area contributed by atoms with Crippen molar-refractivity contribution in [2.75, 3.05) is 0 Å². The summed E-state index contributed by atoms with van der Waals surface area (Å²) in [4.78, 5) is 16.2. The maximum atomic E-state index is 12.3. The lowest BCUT2D eigenvalue weighted by Crippen LogP contribution is -2.07. The van der Waals surface area contributed by atoms with Gasteiger partial charge in [-0.3, -0.25) is 9.78 Å². The van der Waals surface area contributed by atoms with E-state index in [1.165, 1.54) is 11.8 Å². The monoisotopic (exact) mass is 273 g/mol. The van der Waals surface area contributed by atoms with Crippen molar-refractivity contribution in [3.63, 3.8) is 0 Å². The highest BCUT2D eigenvalue weighted by atomic mass is 35.5. The molecule has 0 atom stereocenters. The van der Waals surface area contributed by atoms with E-state index in [-0.39, 0.29) is 5.78 Å². The Labute approximate surface area is 118 Å². The summed E-state index contributed by atoms with van der Waals surface area (Å²) in [5.74, 6) is 0.0300. The molecule has 0 aliphatic rings. The summed E-state index contributed by atoms with van der Waals surface area (Å²) in [6, 6.07) is 5.87. The van der Waals surface area contributed by atoms with E-state index in [0.717, 1.165) is 16.7 Å². The largest absolute Gasteiger partial charge is 0.294 e. The van der Waals surface area contributed by atoms with Gasteiger partial charge in [0, 0.05) is 24.4 Å². The van der Waals surface area contributed by atoms with Crippen LogP contribution in [0.25, 0.3) is 0 Å². The van der Waals surface area contributed by atoms with Crippen LogP contribution in [0.2, 0.25) is 5.02 Å². The topological polar surface area (TPSA) is 30.0 Å². The number of ketones is 1. The van der Waals surface area contributed by atoms with Crippen LogP contribution in [-0.4, -0.2) is 10.8 Å². The van der Waals surface area contributed by atoms with Gasteiger partial charge in [-0.05, 0) is 43.5 Å². The molecule has 0 aliphatic heterocycles. The van der Waals surface area contributed by atoms with Crippen molar-refractivity contribution in [1.82, 2.24) is 4.98 Å². The van der Waals surface area contributed by atoms with Crippen molar-refractivity contribution >= 4 is 17.4 Å². The Morgan fingerprint density at radius 1 is 1.21 bits per heavy atom. The SMILES string of the molecule is Cc1cc(C)c(CC(=O)c2ccncc2Cl)c(C)c1. The first kappa shape index (κ1) is 13.8. The van der Waals surface area contributed by atoms with E-state index in [2.05, 4.69) is 24.0 Å². The zero-order valence-electron chi connectivity index (χ0n) is 11.3. The fourth-order valence-electron chi connectivity index (χ4n) is 2.35. The number of carbonyl (C=O) groups excluding carboxylic acids is 1. The van der Waals surface area contributed by atoms with E-state index < -0.39 is 0 Å². The Balaban J connectivity index is 2.32. The number of Topliss-reactive ketones (excluding diaryl/α,β-unsaturated/α-hetero) is 1. The maximum Gasteiger partial charge on any atom is 0.168 e. The summed E-state index contributed by atoms with van der Waals surface area (Å²) in [6.07, 6.45) is 3.47. The van der Waals surface area contributed by atoms with Crippen LogP contribution in [0.3, 0.4) is 0 Å². The van der Waals surface area contributed by atoms with E-state index >= 15 is 0 Å². The average Bonchev–Trinajstić information content (AvgIpc) is 2.34. The van der Waals surface area contributed by atoms with Crippen LogP contribution in [0.1, 0.15) is 32.6 Å². The summed E-state index contributed by atoms with van der Waals surface area (Å²) in [6.45, 7) is 6.14. The van der Waals surface area contributed by atoms with Gasteiger partial charge in [-0.2, -0.15) is 0 Å². The second-order valence-electron chi connectivity index (χ2n) is 4.83. The number of benzene rings is 1. The second-order valence-corrected chi connectivity index (χ2v) is 5.24. The number of pyridine rings is 1. The van der Waals surface area contributed by atoms with E-state index in [9.17, 15) is 4.79 Å². The summed E-state index contributed by atoms with van der Waals surface area (Å²) in [5.41, 5.74) is 5.14. The molecule has 2 rings (SSSR count). The fourth-order valence-corrected chi connectivity index (χ4v) is 2.57. The van der Waals surface area contributed by atoms with Gasteiger partial charge in [0.15, 0.2) is 5.78 Å². The van der Waals surface area contributed by atoms with Crippen LogP contribution in [-0.2, 0) is 6.42 Å². The molecule has 1 heterocycles. The first-order valence-electron chi connectivity index (χ1n) is 6.18. The first-order chi connectivity index (χ1) is 8.99. The third-order valence-corrected chi connectivity index (χ3v) is 3.55. The number of hydrogen-bond acceptors (Lipinski definition) is 2. The molecule has 0 unspecified atom stereocenters. The molecule has 3 heteroatoms. The van der Waals surface area contributed by atoms with Crippen LogP contribution in [0, 0.1) is 20.8 Å². The molecule has 0 N–H and O–H groups in total. The lowest BCUT2D eigenvalue weighted by Gasteiger charge is -2.11. The predicted molar refractivity (Wildman–Crippen MR) is 77.9 cm³/mol. The van der Waals surface area contributed by atoms with Gasteiger partial charge in [-0.25, -0.2) is 0 Å². The van der Waals surface area contributed by atoms with Gasteiger partial charge in [0.25, 0.3) is 0 Å². The Morgan fingerprint density at radius 3 is 2.42 bits per heavy atom. The van der Waals surface area contributed by atoms with Crippen molar-refractivity contribution in [3.8, 4) is 0 Å². The molecule has 0 fully saturated rings. The predicted octanol–water partition coefficient (Wildman–Crippen LogP) is 4.09. The lowest BCUT2D eigenvalue weighted by atomic mass is 9.94. The van der Waals surface area contributed by atoms with Gasteiger partial charge >= 0.3 is 0 Å². The smallest absolute Gasteiger partial charge is 0.168 e. The van der Waals surface area contributed by atoms with E-state index in [1.807, 2.05) is 13.8 Å². The number of aryl methyl sites for hydroxylation is 3. The van der Waals surface area contributed by atoms with Gasteiger partial charge in [0.05, 0.1) is 5.02 Å². The molecule has 0 saturated carbocycles. The average molecular weight is 274 g/mol. The highest BCUT2D eigenvalue weighted by Crippen LogP contribution is 2.21. The molecule has 0 amide bonds. The van der Waals surface area contributed by atoms with Crippen molar-refractivity contribution in [2.24, 2.45) is 0 Å². The Hall–Kier alpha value is -1.67. The summed E-state index contributed by atoms with van der Waals surface area (Å²) >= 11 is 6.01. The minimum absolute atomic E-state index is 0.0300. The number of rotatable bonds is 3. The number of hydrogen-bond donors (Lipinski definition) is 0. The van der Waals surface area contributed by atoms with E-state index in [4.69, 9.17) is 11.6 Å². The van der Waals surface area contributed by atoms with Gasteiger partial charge < -0.3 is 0 Å². The standard InChI is InChI=1S/C16H16ClNO/c1-10-6-11(2)14(12(3)7-10)8-16(19)13-4-5-18-9-15(13)17/h4-7,9H,8H2,1-3H3. The zero-order chi connectivity index (χ0) is 14.0. The van der Waals surface area contributed by atoms with Crippen LogP contribution in [0.15, 0.2) is 30.6 Å². The summed E-state index contributed by atoms with van der Waals surface area (Å²) < 4.78 is 0. The Morgan fingerprint density at radius 2 is 1.84 bits per heavy atom. The zero-order valence-corrected chi connectivity index (χ0v) is 12.1. The number of aromatic nitrogens is 1. The van der Waals surface area contributed by atoms with Crippen LogP contribution < -0.4 is 0 Å². The molecular formula is C16H16ClNO. The minimum atomic E-state index is 0.0300. The molecule has 0 bridgehead atoms. The fraction of sp³-hybridized carbons (Fsp3) is 0.250. The normalized spacial score (nSPS) is 10.5. The summed E-state index contributed by atoms with van der Waals surface area (Å²) in [5, 5.41) is 0.412. The van der Waals surface area contributed by atoms with Crippen molar-refractivity contribution in [1.29, 1.82) is 0 Å². The molecule has 1 aromatic carbocycles. The highest BCUT2D eigenvalue weighted by Gasteiger charge is 2.14. The van der Waals surface area contributed by atoms with Crippen molar-refractivity contribution in [2.45, 2.75) is 27.2 Å². The van der Waals surface area contributed by atoms with Crippen molar-refractivity contribution in [3.05, 3.63) is 63.4 Å². The molecule has 19 heavy (non-hydrogen) atoms. The second kappa shape index (κ2) is 5.54. The van der Waals surface area contributed by atoms with Crippen LogP contribution in [0.4, 0.5) is 0 Å². The third-order valence-electron chi connectivity index (χ3n) is 3.25. The molecule has 0 spiro atoms. The Kier molecular flexibility index (Phi) is 4.01. The number of carbonyl (C=O) groups is 1. The molecule has 0 aliphatic carbocycles. The molecule has 1 aromatic heterocycles. The molecule has 0 radical (unpaired) electrons. The number of nitrogens with zero attached hydrogens (tertiary/aromatic N) is 1. The molecule has 98 valence electrons. The molecular weight excluding hydrogens is 258 g/mol. The van der Waals surface area contributed by atoms with E-state index in [0.29, 0.717) is 17.0 Å². The van der Waals surface area contributed by atoms with Crippen LogP contribution in [0.5, 0.6) is 0 Å². The highest BCUT2D eigenvalue weighted by molar-refractivity contribution is 6.33. The third kappa shape index (κ3) is 3.02. The number of halogens is 1. The van der Waals surface area contributed by atoms with Gasteiger partial charge in [0.2, 0.25) is 0 Å². The van der Waals surface area contributed by atoms with Gasteiger partial charge in [-0.15, -0.1) is 0 Å². The summed E-state index contributed by atoms with van der Waals surface area (Å²) in [7, 11) is 0. The van der Waals surface area contributed by atoms with Gasteiger partial charge in [-0.1, -0.05) is 29.3 Å². The molecule has 2 nitrogen and oxygen atoms in total. The first-order valence-corrected chi connectivity index (χ1v) is 6.56. The Bertz CT molecular complexity index is 611. The lowest BCUT2D eigenvalue weighted by molar-refractivity contribution is 0.0992. The van der Waals surface area contributed by atoms with Crippen molar-refractivity contribution < 1.29 is 4.79 Å².